The number of likely N-dealkylation sites (N-methyl/N-ethyl adjacent to an activating group) is 1. The Labute approximate surface area is 120 Å². The molecule has 1 aromatic rings. The second kappa shape index (κ2) is 7.53. The van der Waals surface area contributed by atoms with Crippen LogP contribution in [0.15, 0.2) is 29.4 Å². The van der Waals surface area contributed by atoms with Gasteiger partial charge in [0.1, 0.15) is 0 Å². The van der Waals surface area contributed by atoms with Crippen molar-refractivity contribution in [1.29, 1.82) is 0 Å². The van der Waals surface area contributed by atoms with E-state index >= 15 is 0 Å². The summed E-state index contributed by atoms with van der Waals surface area (Å²) < 4.78 is 0. The minimum Gasteiger partial charge on any atom is -0.409 e. The Morgan fingerprint density at radius 1 is 1.35 bits per heavy atom. The molecule has 3 N–H and O–H groups in total. The smallest absolute Gasteiger partial charge is 0.226 e. The molecule has 0 spiro atoms. The summed E-state index contributed by atoms with van der Waals surface area (Å²) >= 11 is 0. The zero-order valence-electron chi connectivity index (χ0n) is 12.3. The highest BCUT2D eigenvalue weighted by Crippen LogP contribution is 2.08. The minimum atomic E-state index is 0.0675. The van der Waals surface area contributed by atoms with Crippen molar-refractivity contribution >= 4 is 11.7 Å². The summed E-state index contributed by atoms with van der Waals surface area (Å²) in [5.74, 6) is 0.650. The lowest BCUT2D eigenvalue weighted by molar-refractivity contribution is -0.130. The topological polar surface area (TPSA) is 78.9 Å². The molecule has 0 atom stereocenters. The van der Waals surface area contributed by atoms with E-state index in [1.165, 1.54) is 0 Å². The highest BCUT2D eigenvalue weighted by atomic mass is 16.4. The molecule has 1 rings (SSSR count). The summed E-state index contributed by atoms with van der Waals surface area (Å²) in [7, 11) is 0. The molecule has 0 aliphatic rings. The van der Waals surface area contributed by atoms with E-state index in [0.717, 1.165) is 18.7 Å². The Kier molecular flexibility index (Phi) is 6.03. The average molecular weight is 277 g/mol. The zero-order valence-corrected chi connectivity index (χ0v) is 12.3. The maximum atomic E-state index is 12.2. The van der Waals surface area contributed by atoms with Crippen LogP contribution in [-0.4, -0.2) is 34.9 Å². The van der Waals surface area contributed by atoms with Gasteiger partial charge in [0, 0.05) is 18.7 Å². The van der Waals surface area contributed by atoms with Crippen LogP contribution in [0.2, 0.25) is 0 Å². The number of nitrogens with two attached hydrogens (primary N) is 1. The number of carbonyl (C=O) groups is 1. The van der Waals surface area contributed by atoms with E-state index in [2.05, 4.69) is 19.0 Å². The third kappa shape index (κ3) is 4.57. The number of nitrogens with zero attached hydrogens (tertiary/aromatic N) is 2. The largest absolute Gasteiger partial charge is 0.409 e. The summed E-state index contributed by atoms with van der Waals surface area (Å²) in [5.41, 5.74) is 7.06. The quantitative estimate of drug-likeness (QED) is 0.360. The highest BCUT2D eigenvalue weighted by Gasteiger charge is 2.13. The van der Waals surface area contributed by atoms with Crippen molar-refractivity contribution in [3.63, 3.8) is 0 Å². The molecular weight excluding hydrogens is 254 g/mol. The highest BCUT2D eigenvalue weighted by molar-refractivity contribution is 5.97. The summed E-state index contributed by atoms with van der Waals surface area (Å²) in [6, 6.07) is 7.15. The molecule has 0 fully saturated rings. The van der Waals surface area contributed by atoms with Crippen LogP contribution < -0.4 is 5.73 Å². The maximum Gasteiger partial charge on any atom is 0.226 e. The summed E-state index contributed by atoms with van der Waals surface area (Å²) in [6.45, 7) is 7.68. The lowest BCUT2D eigenvalue weighted by atomic mass is 10.1. The summed E-state index contributed by atoms with van der Waals surface area (Å²) in [4.78, 5) is 14.1. The maximum absolute atomic E-state index is 12.2. The summed E-state index contributed by atoms with van der Waals surface area (Å²) in [6.07, 6.45) is 0.372. The van der Waals surface area contributed by atoms with Crippen molar-refractivity contribution in [2.45, 2.75) is 27.2 Å². The first kappa shape index (κ1) is 16.0. The number of benzene rings is 1. The third-order valence-electron chi connectivity index (χ3n) is 3.03. The Morgan fingerprint density at radius 2 is 1.95 bits per heavy atom. The standard InChI is InChI=1S/C15H23N3O2/c1-4-18(10-11(2)3)14(19)9-12-5-7-13(8-6-12)15(16)17-20/h5-8,11,20H,4,9-10H2,1-3H3,(H2,16,17). The number of hydrogen-bond donors (Lipinski definition) is 2. The zero-order chi connectivity index (χ0) is 15.1. The molecule has 5 heteroatoms. The van der Waals surface area contributed by atoms with Gasteiger partial charge in [-0.25, -0.2) is 0 Å². The van der Waals surface area contributed by atoms with E-state index < -0.39 is 0 Å². The van der Waals surface area contributed by atoms with E-state index in [-0.39, 0.29) is 11.7 Å². The monoisotopic (exact) mass is 277 g/mol. The molecule has 5 nitrogen and oxygen atoms in total. The first-order chi connectivity index (χ1) is 9.47. The molecule has 0 aromatic heterocycles. The second-order valence-corrected chi connectivity index (χ2v) is 5.19. The van der Waals surface area contributed by atoms with Gasteiger partial charge in [-0.15, -0.1) is 0 Å². The Bertz CT molecular complexity index is 467. The van der Waals surface area contributed by atoms with Crippen molar-refractivity contribution in [3.05, 3.63) is 35.4 Å². The van der Waals surface area contributed by atoms with Gasteiger partial charge in [-0.2, -0.15) is 0 Å². The Morgan fingerprint density at radius 3 is 2.40 bits per heavy atom. The van der Waals surface area contributed by atoms with Gasteiger partial charge in [-0.3, -0.25) is 4.79 Å². The predicted octanol–water partition coefficient (Wildman–Crippen LogP) is 1.83. The molecule has 110 valence electrons. The first-order valence-electron chi connectivity index (χ1n) is 6.82. The molecule has 20 heavy (non-hydrogen) atoms. The fraction of sp³-hybridized carbons (Fsp3) is 0.467. The number of amidine groups is 1. The number of amides is 1. The number of hydrogen-bond acceptors (Lipinski definition) is 3. The van der Waals surface area contributed by atoms with E-state index in [9.17, 15) is 4.79 Å². The van der Waals surface area contributed by atoms with Crippen LogP contribution in [0, 0.1) is 5.92 Å². The van der Waals surface area contributed by atoms with Crippen LogP contribution in [0.25, 0.3) is 0 Å². The van der Waals surface area contributed by atoms with Crippen LogP contribution in [0.4, 0.5) is 0 Å². The normalized spacial score (nSPS) is 11.7. The van der Waals surface area contributed by atoms with Crippen molar-refractivity contribution in [1.82, 2.24) is 4.90 Å². The minimum absolute atomic E-state index is 0.0675. The Hall–Kier alpha value is -2.04. The van der Waals surface area contributed by atoms with E-state index in [1.807, 2.05) is 24.0 Å². The first-order valence-corrected chi connectivity index (χ1v) is 6.82. The van der Waals surface area contributed by atoms with Crippen molar-refractivity contribution < 1.29 is 10.0 Å². The average Bonchev–Trinajstić information content (AvgIpc) is 2.44. The van der Waals surface area contributed by atoms with Gasteiger partial charge < -0.3 is 15.8 Å². The fourth-order valence-electron chi connectivity index (χ4n) is 1.99. The second-order valence-electron chi connectivity index (χ2n) is 5.19. The van der Waals surface area contributed by atoms with Crippen LogP contribution in [0.1, 0.15) is 31.9 Å². The fourth-order valence-corrected chi connectivity index (χ4v) is 1.99. The molecule has 0 unspecified atom stereocenters. The van der Waals surface area contributed by atoms with Crippen LogP contribution in [0.5, 0.6) is 0 Å². The van der Waals surface area contributed by atoms with Gasteiger partial charge in [0.25, 0.3) is 0 Å². The molecule has 0 saturated heterocycles. The van der Waals surface area contributed by atoms with E-state index in [4.69, 9.17) is 10.9 Å². The molecule has 0 saturated carbocycles. The van der Waals surface area contributed by atoms with Gasteiger partial charge in [0.15, 0.2) is 5.84 Å². The molecule has 1 aromatic carbocycles. The van der Waals surface area contributed by atoms with Gasteiger partial charge >= 0.3 is 0 Å². The van der Waals surface area contributed by atoms with Gasteiger partial charge in [-0.05, 0) is 18.4 Å². The van der Waals surface area contributed by atoms with Crippen molar-refractivity contribution in [3.8, 4) is 0 Å². The summed E-state index contributed by atoms with van der Waals surface area (Å²) in [5, 5.41) is 11.5. The Balaban J connectivity index is 2.70. The molecule has 0 aliphatic carbocycles. The van der Waals surface area contributed by atoms with Crippen molar-refractivity contribution in [2.75, 3.05) is 13.1 Å². The lowest BCUT2D eigenvalue weighted by Gasteiger charge is -2.23. The van der Waals surface area contributed by atoms with E-state index in [1.54, 1.807) is 12.1 Å². The van der Waals surface area contributed by atoms with Crippen molar-refractivity contribution in [2.24, 2.45) is 16.8 Å². The molecule has 0 heterocycles. The molecule has 0 radical (unpaired) electrons. The SMILES string of the molecule is CCN(CC(C)C)C(=O)Cc1ccc(C(N)=NO)cc1. The van der Waals surface area contributed by atoms with Gasteiger partial charge in [0.2, 0.25) is 5.91 Å². The predicted molar refractivity (Wildman–Crippen MR) is 79.7 cm³/mol. The number of rotatable bonds is 6. The van der Waals surface area contributed by atoms with Crippen LogP contribution in [-0.2, 0) is 11.2 Å². The lowest BCUT2D eigenvalue weighted by Crippen LogP contribution is -2.35. The number of carbonyl (C=O) groups excluding carboxylic acids is 1. The molecule has 0 bridgehead atoms. The number of oxime groups is 1. The van der Waals surface area contributed by atoms with Gasteiger partial charge in [0.05, 0.1) is 6.42 Å². The van der Waals surface area contributed by atoms with Crippen LogP contribution in [0.3, 0.4) is 0 Å². The molecular formula is C15H23N3O2. The molecule has 0 aliphatic heterocycles. The third-order valence-corrected chi connectivity index (χ3v) is 3.03. The van der Waals surface area contributed by atoms with E-state index in [0.29, 0.717) is 17.9 Å². The molecule has 1 amide bonds. The van der Waals surface area contributed by atoms with Crippen LogP contribution >= 0.6 is 0 Å². The van der Waals surface area contributed by atoms with Gasteiger partial charge in [-0.1, -0.05) is 43.3 Å².